The van der Waals surface area contributed by atoms with Gasteiger partial charge in [0.25, 0.3) is 0 Å². The molecule has 0 rings (SSSR count). The molecule has 3 heteroatoms. The molecule has 0 radical (unpaired) electrons. The largest absolute Gasteiger partial charge is 0.379 e. The molecule has 0 heterocycles. The van der Waals surface area contributed by atoms with Crippen LogP contribution in [0.1, 0.15) is 40.0 Å². The molecule has 0 spiro atoms. The molecule has 0 aliphatic heterocycles. The number of alkyl halides is 2. The van der Waals surface area contributed by atoms with Crippen molar-refractivity contribution in [1.29, 1.82) is 0 Å². The van der Waals surface area contributed by atoms with Crippen LogP contribution in [0, 0.1) is 5.41 Å². The maximum Gasteiger partial charge on any atom is 0.0623 e. The molecule has 0 aromatic heterocycles. The second kappa shape index (κ2) is 6.49. The van der Waals surface area contributed by atoms with E-state index >= 15 is 0 Å². The van der Waals surface area contributed by atoms with Gasteiger partial charge in [-0.1, -0.05) is 38.8 Å². The van der Waals surface area contributed by atoms with E-state index in [0.717, 1.165) is 17.1 Å². The van der Waals surface area contributed by atoms with Crippen molar-refractivity contribution in [3.8, 4) is 0 Å². The number of methoxy groups -OCH3 is 1. The lowest BCUT2D eigenvalue weighted by atomic mass is 9.82. The molecule has 0 fully saturated rings. The van der Waals surface area contributed by atoms with Gasteiger partial charge in [0.1, 0.15) is 0 Å². The molecule has 1 nitrogen and oxygen atoms in total. The maximum atomic E-state index is 5.44. The summed E-state index contributed by atoms with van der Waals surface area (Å²) in [7, 11) is 1.79. The molecule has 0 saturated heterocycles. The van der Waals surface area contributed by atoms with Crippen molar-refractivity contribution in [2.45, 2.75) is 45.6 Å². The second-order valence-corrected chi connectivity index (χ2v) is 5.71. The summed E-state index contributed by atoms with van der Waals surface area (Å²) in [5, 5.41) is 2.11. The van der Waals surface area contributed by atoms with E-state index in [2.05, 4.69) is 52.6 Å². The third kappa shape index (κ3) is 4.63. The number of hydrogen-bond donors (Lipinski definition) is 0. The highest BCUT2D eigenvalue weighted by molar-refractivity contribution is 9.09. The predicted octanol–water partition coefficient (Wildman–Crippen LogP) is 4.38. The average molecular weight is 330 g/mol. The van der Waals surface area contributed by atoms with Crippen LogP contribution >= 0.6 is 31.9 Å². The van der Waals surface area contributed by atoms with E-state index in [1.807, 2.05) is 0 Å². The van der Waals surface area contributed by atoms with Gasteiger partial charge in [-0.3, -0.25) is 0 Å². The summed E-state index contributed by atoms with van der Waals surface area (Å²) in [6.07, 6.45) is 3.50. The van der Waals surface area contributed by atoms with Gasteiger partial charge in [0.15, 0.2) is 0 Å². The Morgan fingerprint density at radius 1 is 1.07 bits per heavy atom. The van der Waals surface area contributed by atoms with Crippen LogP contribution in [0.5, 0.6) is 0 Å². The fourth-order valence-electron chi connectivity index (χ4n) is 1.20. The monoisotopic (exact) mass is 328 g/mol. The highest BCUT2D eigenvalue weighted by Gasteiger charge is 2.28. The number of hydrogen-bond acceptors (Lipinski definition) is 1. The topological polar surface area (TPSA) is 9.23 Å². The molecule has 0 atom stereocenters. The zero-order valence-corrected chi connectivity index (χ0v) is 12.9. The van der Waals surface area contributed by atoms with Crippen LogP contribution in [-0.2, 0) is 4.74 Å². The Labute approximate surface area is 105 Å². The molecule has 86 valence electrons. The first kappa shape index (κ1) is 14.9. The Morgan fingerprint density at radius 2 is 1.57 bits per heavy atom. The zero-order chi connectivity index (χ0) is 11.2. The van der Waals surface area contributed by atoms with Crippen molar-refractivity contribution < 1.29 is 4.74 Å². The van der Waals surface area contributed by atoms with Crippen LogP contribution in [-0.4, -0.2) is 23.4 Å². The lowest BCUT2D eigenvalue weighted by molar-refractivity contribution is 0.00641. The number of ether oxygens (including phenoxy) is 1. The summed E-state index contributed by atoms with van der Waals surface area (Å²) < 4.78 is 5.44. The Morgan fingerprint density at radius 3 is 1.86 bits per heavy atom. The quantitative estimate of drug-likeness (QED) is 0.630. The van der Waals surface area contributed by atoms with Gasteiger partial charge in [0, 0.05) is 17.8 Å². The van der Waals surface area contributed by atoms with Crippen LogP contribution in [0.25, 0.3) is 0 Å². The van der Waals surface area contributed by atoms with E-state index in [1.54, 1.807) is 7.11 Å². The number of rotatable bonds is 7. The van der Waals surface area contributed by atoms with Crippen LogP contribution in [0.4, 0.5) is 0 Å². The molecule has 0 aromatic rings. The first-order valence-electron chi connectivity index (χ1n) is 5.12. The van der Waals surface area contributed by atoms with Crippen molar-refractivity contribution in [3.05, 3.63) is 0 Å². The van der Waals surface area contributed by atoms with Gasteiger partial charge < -0.3 is 4.74 Å². The van der Waals surface area contributed by atoms with E-state index in [9.17, 15) is 0 Å². The summed E-state index contributed by atoms with van der Waals surface area (Å²) in [5.41, 5.74) is 0.389. The smallest absolute Gasteiger partial charge is 0.0623 e. The first-order chi connectivity index (χ1) is 6.45. The molecular formula is C11H22Br2O. The highest BCUT2D eigenvalue weighted by Crippen LogP contribution is 2.35. The van der Waals surface area contributed by atoms with Crippen LogP contribution in [0.15, 0.2) is 0 Å². The van der Waals surface area contributed by atoms with Crippen molar-refractivity contribution in [3.63, 3.8) is 0 Å². The van der Waals surface area contributed by atoms with Gasteiger partial charge in [0.2, 0.25) is 0 Å². The fourth-order valence-corrected chi connectivity index (χ4v) is 3.49. The van der Waals surface area contributed by atoms with E-state index in [4.69, 9.17) is 4.74 Å². The SMILES string of the molecule is CCC(CBr)(CBr)CCC(C)(C)OC. The van der Waals surface area contributed by atoms with E-state index in [0.29, 0.717) is 5.41 Å². The lowest BCUT2D eigenvalue weighted by Gasteiger charge is -2.33. The summed E-state index contributed by atoms with van der Waals surface area (Å²) in [6, 6.07) is 0. The third-order valence-electron chi connectivity index (χ3n) is 3.13. The lowest BCUT2D eigenvalue weighted by Crippen LogP contribution is -2.30. The predicted molar refractivity (Wildman–Crippen MR) is 70.6 cm³/mol. The molecule has 0 aliphatic carbocycles. The zero-order valence-electron chi connectivity index (χ0n) is 9.70. The Hall–Kier alpha value is 0.920. The van der Waals surface area contributed by atoms with Gasteiger partial charge in [-0.15, -0.1) is 0 Å². The molecule has 0 aromatic carbocycles. The molecule has 0 aliphatic rings. The standard InChI is InChI=1S/C11H22Br2O/c1-5-11(8-12,9-13)7-6-10(2,3)14-4/h5-9H2,1-4H3. The van der Waals surface area contributed by atoms with Gasteiger partial charge in [-0.05, 0) is 38.5 Å². The summed E-state index contributed by atoms with van der Waals surface area (Å²) in [4.78, 5) is 0. The molecule has 14 heavy (non-hydrogen) atoms. The van der Waals surface area contributed by atoms with Gasteiger partial charge in [-0.2, -0.15) is 0 Å². The normalized spacial score (nSPS) is 13.3. The summed E-state index contributed by atoms with van der Waals surface area (Å²) in [5.74, 6) is 0. The Balaban J connectivity index is 4.19. The first-order valence-corrected chi connectivity index (χ1v) is 7.36. The van der Waals surface area contributed by atoms with E-state index in [1.165, 1.54) is 12.8 Å². The maximum absolute atomic E-state index is 5.44. The molecule has 0 N–H and O–H groups in total. The van der Waals surface area contributed by atoms with Gasteiger partial charge >= 0.3 is 0 Å². The fraction of sp³-hybridized carbons (Fsp3) is 1.00. The van der Waals surface area contributed by atoms with Crippen molar-refractivity contribution in [2.24, 2.45) is 5.41 Å². The minimum Gasteiger partial charge on any atom is -0.379 e. The molecule has 0 bridgehead atoms. The highest BCUT2D eigenvalue weighted by atomic mass is 79.9. The van der Waals surface area contributed by atoms with Crippen LogP contribution < -0.4 is 0 Å². The van der Waals surface area contributed by atoms with Gasteiger partial charge in [-0.25, -0.2) is 0 Å². The molecule has 0 amide bonds. The second-order valence-electron chi connectivity index (χ2n) is 4.58. The minimum absolute atomic E-state index is 0.00472. The van der Waals surface area contributed by atoms with Crippen molar-refractivity contribution in [1.82, 2.24) is 0 Å². The van der Waals surface area contributed by atoms with Crippen LogP contribution in [0.3, 0.4) is 0 Å². The molecular weight excluding hydrogens is 308 g/mol. The van der Waals surface area contributed by atoms with Gasteiger partial charge in [0.05, 0.1) is 5.60 Å². The average Bonchev–Trinajstić information content (AvgIpc) is 2.21. The molecule has 0 unspecified atom stereocenters. The van der Waals surface area contributed by atoms with Crippen LogP contribution in [0.2, 0.25) is 0 Å². The molecule has 0 saturated carbocycles. The number of halogens is 2. The minimum atomic E-state index is 0.00472. The van der Waals surface area contributed by atoms with Crippen molar-refractivity contribution >= 4 is 31.9 Å². The summed E-state index contributed by atoms with van der Waals surface area (Å²) in [6.45, 7) is 6.55. The third-order valence-corrected chi connectivity index (χ3v) is 5.51. The Bertz CT molecular complexity index is 145. The Kier molecular flexibility index (Phi) is 6.92. The summed E-state index contributed by atoms with van der Waals surface area (Å²) >= 11 is 7.22. The van der Waals surface area contributed by atoms with E-state index in [-0.39, 0.29) is 5.60 Å². The van der Waals surface area contributed by atoms with Crippen molar-refractivity contribution in [2.75, 3.05) is 17.8 Å². The van der Waals surface area contributed by atoms with E-state index < -0.39 is 0 Å².